The molecule has 1 heterocycles. The van der Waals surface area contributed by atoms with Gasteiger partial charge in [0.2, 0.25) is 10.0 Å². The summed E-state index contributed by atoms with van der Waals surface area (Å²) in [5.74, 6) is 0.519. The van der Waals surface area contributed by atoms with E-state index in [0.29, 0.717) is 23.9 Å². The zero-order chi connectivity index (χ0) is 14.9. The van der Waals surface area contributed by atoms with Crippen molar-refractivity contribution >= 4 is 20.8 Å². The van der Waals surface area contributed by atoms with E-state index in [1.807, 2.05) is 30.3 Å². The second kappa shape index (κ2) is 5.78. The Labute approximate surface area is 126 Å². The third-order valence-electron chi connectivity index (χ3n) is 4.30. The second-order valence-electron chi connectivity index (χ2n) is 5.82. The second-order valence-corrected chi connectivity index (χ2v) is 7.75. The standard InChI is InChI=1S/C17H21NO2S/c1-2-5-14-10-11-18(13-14)21(19,20)17-9-8-15-6-3-4-7-16(15)12-17/h3-4,6-9,12,14H,2,5,10-11,13H2,1H3/t14-/m0/s1. The average Bonchev–Trinajstić information content (AvgIpc) is 2.96. The normalized spacial score (nSPS) is 20.1. The monoisotopic (exact) mass is 303 g/mol. The van der Waals surface area contributed by atoms with Gasteiger partial charge in [-0.05, 0) is 41.7 Å². The summed E-state index contributed by atoms with van der Waals surface area (Å²) in [7, 11) is -3.35. The lowest BCUT2D eigenvalue weighted by Crippen LogP contribution is -2.28. The van der Waals surface area contributed by atoms with Crippen LogP contribution in [0.4, 0.5) is 0 Å². The molecule has 0 aliphatic carbocycles. The first-order chi connectivity index (χ1) is 10.1. The molecule has 3 rings (SSSR count). The first-order valence-electron chi connectivity index (χ1n) is 7.60. The fraction of sp³-hybridized carbons (Fsp3) is 0.412. The van der Waals surface area contributed by atoms with E-state index >= 15 is 0 Å². The molecular weight excluding hydrogens is 282 g/mol. The minimum absolute atomic E-state index is 0.415. The average molecular weight is 303 g/mol. The molecule has 1 aliphatic rings. The molecule has 1 atom stereocenters. The number of rotatable bonds is 4. The van der Waals surface area contributed by atoms with Crippen molar-refractivity contribution < 1.29 is 8.42 Å². The molecule has 0 amide bonds. The summed E-state index contributed by atoms with van der Waals surface area (Å²) < 4.78 is 27.2. The van der Waals surface area contributed by atoms with Crippen molar-refractivity contribution in [2.24, 2.45) is 5.92 Å². The predicted octanol–water partition coefficient (Wildman–Crippen LogP) is 3.65. The minimum atomic E-state index is -3.35. The molecule has 0 saturated carbocycles. The van der Waals surface area contributed by atoms with Crippen molar-refractivity contribution in [3.05, 3.63) is 42.5 Å². The third kappa shape index (κ3) is 2.83. The number of hydrogen-bond donors (Lipinski definition) is 0. The molecule has 2 aromatic carbocycles. The Morgan fingerprint density at radius 1 is 1.14 bits per heavy atom. The first kappa shape index (κ1) is 14.5. The van der Waals surface area contributed by atoms with E-state index in [1.165, 1.54) is 0 Å². The van der Waals surface area contributed by atoms with Gasteiger partial charge >= 0.3 is 0 Å². The maximum atomic E-state index is 12.8. The van der Waals surface area contributed by atoms with E-state index in [-0.39, 0.29) is 0 Å². The van der Waals surface area contributed by atoms with Gasteiger partial charge in [0.05, 0.1) is 4.90 Å². The summed E-state index contributed by atoms with van der Waals surface area (Å²) in [6.45, 7) is 3.48. The molecule has 2 aromatic rings. The number of hydrogen-bond acceptors (Lipinski definition) is 2. The summed E-state index contributed by atoms with van der Waals surface area (Å²) >= 11 is 0. The summed E-state index contributed by atoms with van der Waals surface area (Å²) in [6.07, 6.45) is 3.22. The molecule has 3 nitrogen and oxygen atoms in total. The van der Waals surface area contributed by atoms with Crippen molar-refractivity contribution in [2.75, 3.05) is 13.1 Å². The van der Waals surface area contributed by atoms with Gasteiger partial charge in [-0.3, -0.25) is 0 Å². The zero-order valence-corrected chi connectivity index (χ0v) is 13.1. The van der Waals surface area contributed by atoms with Gasteiger partial charge in [-0.25, -0.2) is 8.42 Å². The Morgan fingerprint density at radius 2 is 1.90 bits per heavy atom. The van der Waals surface area contributed by atoms with Crippen LogP contribution in [0.5, 0.6) is 0 Å². The van der Waals surface area contributed by atoms with Gasteiger partial charge in [-0.1, -0.05) is 43.7 Å². The summed E-state index contributed by atoms with van der Waals surface area (Å²) in [4.78, 5) is 0.415. The van der Waals surface area contributed by atoms with Crippen LogP contribution in [0.25, 0.3) is 10.8 Å². The van der Waals surface area contributed by atoms with Crippen LogP contribution in [0.3, 0.4) is 0 Å². The van der Waals surface area contributed by atoms with Gasteiger partial charge in [0, 0.05) is 13.1 Å². The minimum Gasteiger partial charge on any atom is -0.207 e. The van der Waals surface area contributed by atoms with Crippen LogP contribution in [-0.4, -0.2) is 25.8 Å². The van der Waals surface area contributed by atoms with Crippen molar-refractivity contribution in [2.45, 2.75) is 31.1 Å². The van der Waals surface area contributed by atoms with E-state index in [2.05, 4.69) is 6.92 Å². The number of sulfonamides is 1. The fourth-order valence-corrected chi connectivity index (χ4v) is 4.70. The Hall–Kier alpha value is -1.39. The number of nitrogens with zero attached hydrogens (tertiary/aromatic N) is 1. The molecule has 0 N–H and O–H groups in total. The highest BCUT2D eigenvalue weighted by Crippen LogP contribution is 2.28. The van der Waals surface area contributed by atoms with Gasteiger partial charge in [-0.2, -0.15) is 4.31 Å². The molecule has 4 heteroatoms. The molecular formula is C17H21NO2S. The van der Waals surface area contributed by atoms with Crippen LogP contribution in [-0.2, 0) is 10.0 Å². The maximum Gasteiger partial charge on any atom is 0.243 e. The Bertz CT molecular complexity index is 739. The molecule has 1 fully saturated rings. The molecule has 112 valence electrons. The van der Waals surface area contributed by atoms with Gasteiger partial charge in [-0.15, -0.1) is 0 Å². The lowest BCUT2D eigenvalue weighted by atomic mass is 10.0. The molecule has 21 heavy (non-hydrogen) atoms. The summed E-state index contributed by atoms with van der Waals surface area (Å²) in [5.41, 5.74) is 0. The third-order valence-corrected chi connectivity index (χ3v) is 6.17. The first-order valence-corrected chi connectivity index (χ1v) is 9.04. The summed E-state index contributed by atoms with van der Waals surface area (Å²) in [5, 5.41) is 2.05. The molecule has 0 radical (unpaired) electrons. The van der Waals surface area contributed by atoms with Crippen LogP contribution in [0.1, 0.15) is 26.2 Å². The Kier molecular flexibility index (Phi) is 4.00. The van der Waals surface area contributed by atoms with Gasteiger partial charge in [0.1, 0.15) is 0 Å². The zero-order valence-electron chi connectivity index (χ0n) is 12.3. The van der Waals surface area contributed by atoms with Crippen molar-refractivity contribution in [3.63, 3.8) is 0 Å². The van der Waals surface area contributed by atoms with Crippen molar-refractivity contribution in [1.82, 2.24) is 4.31 Å². The van der Waals surface area contributed by atoms with Crippen LogP contribution in [0, 0.1) is 5.92 Å². The van der Waals surface area contributed by atoms with E-state index < -0.39 is 10.0 Å². The van der Waals surface area contributed by atoms with Crippen LogP contribution >= 0.6 is 0 Å². The smallest absolute Gasteiger partial charge is 0.207 e. The van der Waals surface area contributed by atoms with Gasteiger partial charge in [0.15, 0.2) is 0 Å². The Balaban J connectivity index is 1.90. The molecule has 1 aliphatic heterocycles. The molecule has 0 spiro atoms. The van der Waals surface area contributed by atoms with Crippen molar-refractivity contribution in [3.8, 4) is 0 Å². The highest BCUT2D eigenvalue weighted by atomic mass is 32.2. The van der Waals surface area contributed by atoms with E-state index in [9.17, 15) is 8.42 Å². The fourth-order valence-electron chi connectivity index (χ4n) is 3.14. The molecule has 0 bridgehead atoms. The van der Waals surface area contributed by atoms with Crippen LogP contribution < -0.4 is 0 Å². The van der Waals surface area contributed by atoms with E-state index in [1.54, 1.807) is 16.4 Å². The maximum absolute atomic E-state index is 12.8. The van der Waals surface area contributed by atoms with E-state index in [4.69, 9.17) is 0 Å². The number of fused-ring (bicyclic) bond motifs is 1. The lowest BCUT2D eigenvalue weighted by molar-refractivity contribution is 0.444. The summed E-state index contributed by atoms with van der Waals surface area (Å²) in [6, 6.07) is 13.3. The lowest BCUT2D eigenvalue weighted by Gasteiger charge is -2.17. The molecule has 1 saturated heterocycles. The highest BCUT2D eigenvalue weighted by Gasteiger charge is 2.32. The van der Waals surface area contributed by atoms with Crippen LogP contribution in [0.15, 0.2) is 47.4 Å². The SMILES string of the molecule is CCC[C@H]1CCN(S(=O)(=O)c2ccc3ccccc3c2)C1. The van der Waals surface area contributed by atoms with E-state index in [0.717, 1.165) is 30.0 Å². The number of benzene rings is 2. The van der Waals surface area contributed by atoms with Gasteiger partial charge < -0.3 is 0 Å². The molecule has 0 aromatic heterocycles. The molecule has 0 unspecified atom stereocenters. The predicted molar refractivity (Wildman–Crippen MR) is 85.7 cm³/mol. The van der Waals surface area contributed by atoms with Gasteiger partial charge in [0.25, 0.3) is 0 Å². The van der Waals surface area contributed by atoms with Crippen LogP contribution in [0.2, 0.25) is 0 Å². The largest absolute Gasteiger partial charge is 0.243 e. The highest BCUT2D eigenvalue weighted by molar-refractivity contribution is 7.89. The topological polar surface area (TPSA) is 37.4 Å². The quantitative estimate of drug-likeness (QED) is 0.864. The van der Waals surface area contributed by atoms with Crippen molar-refractivity contribution in [1.29, 1.82) is 0 Å². The Morgan fingerprint density at radius 3 is 2.67 bits per heavy atom.